The van der Waals surface area contributed by atoms with E-state index in [1.807, 2.05) is 24.4 Å². The number of fused-ring (bicyclic) bond motifs is 1. The van der Waals surface area contributed by atoms with Crippen molar-refractivity contribution in [2.45, 2.75) is 18.3 Å². The number of nitrogens with zero attached hydrogens (tertiary/aromatic N) is 3. The molecule has 4 nitrogen and oxygen atoms in total. The number of hydrogen-bond acceptors (Lipinski definition) is 3. The van der Waals surface area contributed by atoms with Crippen molar-refractivity contribution in [2.24, 2.45) is 7.05 Å². The van der Waals surface area contributed by atoms with Crippen LogP contribution in [0.1, 0.15) is 24.2 Å². The molecule has 4 rings (SSSR count). The third kappa shape index (κ3) is 1.48. The van der Waals surface area contributed by atoms with Crippen LogP contribution in [0.5, 0.6) is 0 Å². The number of aromatic nitrogens is 3. The van der Waals surface area contributed by atoms with E-state index < -0.39 is 0 Å². The molecule has 2 N–H and O–H groups in total. The minimum absolute atomic E-state index is 0.0570. The highest BCUT2D eigenvalue weighted by molar-refractivity contribution is 5.75. The minimum atomic E-state index is 0.0570. The van der Waals surface area contributed by atoms with Crippen molar-refractivity contribution in [3.8, 4) is 0 Å². The predicted octanol–water partition coefficient (Wildman–Crippen LogP) is 2.63. The molecule has 1 saturated carbocycles. The lowest BCUT2D eigenvalue weighted by atomic mass is 9.95. The molecule has 0 bridgehead atoms. The van der Waals surface area contributed by atoms with Crippen molar-refractivity contribution in [1.29, 1.82) is 0 Å². The lowest BCUT2D eigenvalue weighted by Crippen LogP contribution is -2.14. The van der Waals surface area contributed by atoms with Crippen LogP contribution >= 0.6 is 0 Å². The maximum Gasteiger partial charge on any atom is 0.120 e. The van der Waals surface area contributed by atoms with Crippen LogP contribution < -0.4 is 5.73 Å². The van der Waals surface area contributed by atoms with Gasteiger partial charge < -0.3 is 10.3 Å². The van der Waals surface area contributed by atoms with Gasteiger partial charge in [-0.25, -0.2) is 4.98 Å². The molecule has 0 radical (unpaired) electrons. The highest BCUT2D eigenvalue weighted by atomic mass is 15.1. The van der Waals surface area contributed by atoms with Gasteiger partial charge in [0.25, 0.3) is 0 Å². The molecule has 2 aromatic heterocycles. The Morgan fingerprint density at radius 1 is 1.15 bits per heavy atom. The van der Waals surface area contributed by atoms with E-state index in [4.69, 9.17) is 10.7 Å². The largest absolute Gasteiger partial charge is 0.399 e. The molecular weight excluding hydrogens is 248 g/mol. The van der Waals surface area contributed by atoms with Crippen LogP contribution in [0.3, 0.4) is 0 Å². The Labute approximate surface area is 117 Å². The molecule has 4 heteroatoms. The number of pyridine rings is 1. The molecule has 0 amide bonds. The molecule has 0 aliphatic heterocycles. The maximum atomic E-state index is 5.79. The fourth-order valence-electron chi connectivity index (χ4n) is 3.03. The zero-order valence-corrected chi connectivity index (χ0v) is 11.4. The lowest BCUT2D eigenvalue weighted by molar-refractivity contribution is 0.705. The first-order valence-electron chi connectivity index (χ1n) is 6.84. The summed E-state index contributed by atoms with van der Waals surface area (Å²) in [6.07, 6.45) is 5.95. The number of anilines is 1. The molecule has 2 heterocycles. The summed E-state index contributed by atoms with van der Waals surface area (Å²) in [5, 5.41) is 0. The summed E-state index contributed by atoms with van der Waals surface area (Å²) in [7, 11) is 2.07. The Kier molecular flexibility index (Phi) is 2.19. The van der Waals surface area contributed by atoms with E-state index in [-0.39, 0.29) is 5.41 Å². The summed E-state index contributed by atoms with van der Waals surface area (Å²) >= 11 is 0. The Hall–Kier alpha value is -2.36. The SMILES string of the molecule is Cn1c(C2(c3ccc(N)cc3)CC2)nc2ccncc21. The van der Waals surface area contributed by atoms with Gasteiger partial charge >= 0.3 is 0 Å². The average Bonchev–Trinajstić information content (AvgIpc) is 3.20. The molecule has 0 unspecified atom stereocenters. The van der Waals surface area contributed by atoms with Gasteiger partial charge in [-0.15, -0.1) is 0 Å². The minimum Gasteiger partial charge on any atom is -0.399 e. The molecule has 1 aliphatic rings. The highest BCUT2D eigenvalue weighted by Gasteiger charge is 2.49. The van der Waals surface area contributed by atoms with E-state index in [1.165, 1.54) is 5.56 Å². The quantitative estimate of drug-likeness (QED) is 0.724. The van der Waals surface area contributed by atoms with Gasteiger partial charge in [0.15, 0.2) is 0 Å². The smallest absolute Gasteiger partial charge is 0.120 e. The summed E-state index contributed by atoms with van der Waals surface area (Å²) in [6.45, 7) is 0. The molecule has 0 atom stereocenters. The zero-order valence-electron chi connectivity index (χ0n) is 11.4. The number of imidazole rings is 1. The van der Waals surface area contributed by atoms with Crippen LogP contribution in [-0.2, 0) is 12.5 Å². The Morgan fingerprint density at radius 3 is 2.55 bits per heavy atom. The summed E-state index contributed by atoms with van der Waals surface area (Å²) in [6, 6.07) is 10.2. The van der Waals surface area contributed by atoms with Crippen molar-refractivity contribution in [3.05, 3.63) is 54.1 Å². The van der Waals surface area contributed by atoms with Crippen molar-refractivity contribution < 1.29 is 0 Å². The van der Waals surface area contributed by atoms with Crippen LogP contribution in [0.15, 0.2) is 42.7 Å². The van der Waals surface area contributed by atoms with Crippen LogP contribution in [0.2, 0.25) is 0 Å². The molecule has 20 heavy (non-hydrogen) atoms. The van der Waals surface area contributed by atoms with Crippen molar-refractivity contribution >= 4 is 16.7 Å². The van der Waals surface area contributed by atoms with Gasteiger partial charge in [-0.1, -0.05) is 12.1 Å². The van der Waals surface area contributed by atoms with Gasteiger partial charge in [0.1, 0.15) is 5.82 Å². The molecular formula is C16H16N4. The third-order valence-electron chi connectivity index (χ3n) is 4.32. The molecule has 1 aromatic carbocycles. The molecule has 100 valence electrons. The lowest BCUT2D eigenvalue weighted by Gasteiger charge is -2.16. The van der Waals surface area contributed by atoms with Crippen LogP contribution in [0.4, 0.5) is 5.69 Å². The first kappa shape index (κ1) is 11.5. The van der Waals surface area contributed by atoms with E-state index >= 15 is 0 Å². The van der Waals surface area contributed by atoms with E-state index in [0.717, 1.165) is 35.4 Å². The number of benzene rings is 1. The topological polar surface area (TPSA) is 56.7 Å². The zero-order chi connectivity index (χ0) is 13.7. The number of hydrogen-bond donors (Lipinski definition) is 1. The first-order valence-corrected chi connectivity index (χ1v) is 6.84. The average molecular weight is 264 g/mol. The number of nitrogens with two attached hydrogens (primary N) is 1. The normalized spacial score (nSPS) is 16.4. The number of rotatable bonds is 2. The fraction of sp³-hybridized carbons (Fsp3) is 0.250. The maximum absolute atomic E-state index is 5.79. The van der Waals surface area contributed by atoms with Gasteiger partial charge in [0.2, 0.25) is 0 Å². The van der Waals surface area contributed by atoms with Crippen molar-refractivity contribution in [2.75, 3.05) is 5.73 Å². The molecule has 0 saturated heterocycles. The highest BCUT2D eigenvalue weighted by Crippen LogP contribution is 2.53. The number of nitrogen functional groups attached to an aromatic ring is 1. The van der Waals surface area contributed by atoms with Gasteiger partial charge in [-0.05, 0) is 36.6 Å². The molecule has 1 aliphatic carbocycles. The number of aryl methyl sites for hydroxylation is 1. The van der Waals surface area contributed by atoms with Gasteiger partial charge in [-0.2, -0.15) is 0 Å². The van der Waals surface area contributed by atoms with Crippen molar-refractivity contribution in [3.63, 3.8) is 0 Å². The van der Waals surface area contributed by atoms with E-state index in [0.29, 0.717) is 0 Å². The first-order chi connectivity index (χ1) is 9.71. The second-order valence-corrected chi connectivity index (χ2v) is 5.56. The van der Waals surface area contributed by atoms with Crippen LogP contribution in [0.25, 0.3) is 11.0 Å². The summed E-state index contributed by atoms with van der Waals surface area (Å²) in [4.78, 5) is 9.03. The molecule has 3 aromatic rings. The van der Waals surface area contributed by atoms with E-state index in [9.17, 15) is 0 Å². The Balaban J connectivity index is 1.90. The summed E-state index contributed by atoms with van der Waals surface area (Å²) in [5.74, 6) is 1.13. The second kappa shape index (κ2) is 3.82. The monoisotopic (exact) mass is 264 g/mol. The summed E-state index contributed by atoms with van der Waals surface area (Å²) in [5.41, 5.74) is 10.1. The standard InChI is InChI=1S/C16H16N4/c1-20-14-10-18-9-6-13(14)19-15(20)16(7-8-16)11-2-4-12(17)5-3-11/h2-6,9-10H,7-8,17H2,1H3. The summed E-state index contributed by atoms with van der Waals surface area (Å²) < 4.78 is 2.17. The van der Waals surface area contributed by atoms with Crippen LogP contribution in [-0.4, -0.2) is 14.5 Å². The molecule has 0 spiro atoms. The van der Waals surface area contributed by atoms with E-state index in [2.05, 4.69) is 28.7 Å². The second-order valence-electron chi connectivity index (χ2n) is 5.56. The van der Waals surface area contributed by atoms with Gasteiger partial charge in [0, 0.05) is 18.9 Å². The van der Waals surface area contributed by atoms with E-state index in [1.54, 1.807) is 6.20 Å². The van der Waals surface area contributed by atoms with Gasteiger partial charge in [0.05, 0.1) is 22.6 Å². The van der Waals surface area contributed by atoms with Crippen molar-refractivity contribution in [1.82, 2.24) is 14.5 Å². The Morgan fingerprint density at radius 2 is 1.90 bits per heavy atom. The third-order valence-corrected chi connectivity index (χ3v) is 4.32. The van der Waals surface area contributed by atoms with Gasteiger partial charge in [-0.3, -0.25) is 4.98 Å². The van der Waals surface area contributed by atoms with Crippen LogP contribution in [0, 0.1) is 0 Å². The fourth-order valence-corrected chi connectivity index (χ4v) is 3.03. The molecule has 1 fully saturated rings. The predicted molar refractivity (Wildman–Crippen MR) is 79.4 cm³/mol. The Bertz CT molecular complexity index is 782.